The number of hydrogen-bond donors (Lipinski definition) is 0. The van der Waals surface area contributed by atoms with Crippen LogP contribution in [0.2, 0.25) is 0 Å². The molecule has 3 amide bonds. The molecule has 2 aromatic rings. The first-order chi connectivity index (χ1) is 15.8. The second-order valence-corrected chi connectivity index (χ2v) is 9.42. The lowest BCUT2D eigenvalue weighted by Gasteiger charge is -2.34. The van der Waals surface area contributed by atoms with E-state index in [2.05, 4.69) is 5.10 Å². The maximum atomic E-state index is 12.5. The molecule has 0 atom stereocenters. The molecule has 4 rings (SSSR count). The van der Waals surface area contributed by atoms with Crippen LogP contribution in [0.1, 0.15) is 45.1 Å². The highest BCUT2D eigenvalue weighted by molar-refractivity contribution is 5.98. The van der Waals surface area contributed by atoms with Gasteiger partial charge >= 0.3 is 6.09 Å². The maximum Gasteiger partial charge on any atom is 0.415 e. The average molecular weight is 455 g/mol. The monoisotopic (exact) mass is 454 g/mol. The number of imide groups is 1. The van der Waals surface area contributed by atoms with E-state index in [1.165, 1.54) is 9.75 Å². The fourth-order valence-corrected chi connectivity index (χ4v) is 4.20. The molecule has 1 aromatic carbocycles. The van der Waals surface area contributed by atoms with Gasteiger partial charge in [0, 0.05) is 45.3 Å². The number of amides is 3. The number of carbonyl (C=O) groups excluding carboxylic acids is 3. The van der Waals surface area contributed by atoms with Crippen molar-refractivity contribution in [1.29, 1.82) is 0 Å². The number of likely N-dealkylation sites (tertiary alicyclic amines) is 2. The summed E-state index contributed by atoms with van der Waals surface area (Å²) in [4.78, 5) is 47.3. The fourth-order valence-electron chi connectivity index (χ4n) is 4.20. The van der Waals surface area contributed by atoms with Gasteiger partial charge < -0.3 is 14.5 Å². The Morgan fingerprint density at radius 2 is 1.76 bits per heavy atom. The van der Waals surface area contributed by atoms with Gasteiger partial charge in [0.25, 0.3) is 0 Å². The van der Waals surface area contributed by atoms with Gasteiger partial charge in [-0.2, -0.15) is 0 Å². The molecule has 0 unspecified atom stereocenters. The second kappa shape index (κ2) is 9.64. The van der Waals surface area contributed by atoms with Crippen LogP contribution in [0.25, 0.3) is 0 Å². The van der Waals surface area contributed by atoms with Gasteiger partial charge in [0.2, 0.25) is 11.8 Å². The summed E-state index contributed by atoms with van der Waals surface area (Å²) in [7, 11) is 0. The van der Waals surface area contributed by atoms with E-state index in [1.807, 2.05) is 26.0 Å². The van der Waals surface area contributed by atoms with Gasteiger partial charge in [0.1, 0.15) is 11.9 Å². The van der Waals surface area contributed by atoms with Crippen molar-refractivity contribution in [2.75, 3.05) is 19.6 Å². The first kappa shape index (κ1) is 22.8. The molecule has 176 valence electrons. The number of piperidine rings is 2. The number of nitrogens with zero attached hydrogens (tertiary/aromatic N) is 4. The topological polar surface area (TPSA) is 94.0 Å². The average Bonchev–Trinajstić information content (AvgIpc) is 3.27. The van der Waals surface area contributed by atoms with Gasteiger partial charge in [-0.3, -0.25) is 14.5 Å². The highest BCUT2D eigenvalue weighted by atomic mass is 16.7. The molecular weight excluding hydrogens is 424 g/mol. The number of aromatic nitrogens is 2. The van der Waals surface area contributed by atoms with Gasteiger partial charge in [-0.25, -0.2) is 4.79 Å². The summed E-state index contributed by atoms with van der Waals surface area (Å²) in [5, 5.41) is 4.03. The van der Waals surface area contributed by atoms with Crippen molar-refractivity contribution in [2.24, 2.45) is 5.41 Å². The van der Waals surface area contributed by atoms with Crippen LogP contribution >= 0.6 is 0 Å². The zero-order valence-corrected chi connectivity index (χ0v) is 19.1. The Hall–Kier alpha value is -3.36. The standard InChI is InChI=1S/C24H30N4O5/c1-24(2)16-21(29)27(22(30)17-24)15-8-18-4-6-19(7-5-18)32-23(31)26-13-9-20(10-14-26)33-28-12-3-11-25-28/h3-7,11-12,20H,8-10,13-17H2,1-2H3. The predicted octanol–water partition coefficient (Wildman–Crippen LogP) is 2.69. The Labute approximate surface area is 193 Å². The smallest absolute Gasteiger partial charge is 0.410 e. The van der Waals surface area contributed by atoms with Crippen LogP contribution in [0.4, 0.5) is 4.79 Å². The van der Waals surface area contributed by atoms with Crippen LogP contribution in [0.15, 0.2) is 42.7 Å². The molecule has 2 fully saturated rings. The fraction of sp³-hybridized carbons (Fsp3) is 0.500. The SMILES string of the molecule is CC1(C)CC(=O)N(CCc2ccc(OC(=O)N3CCC(On4cccn4)CC3)cc2)C(=O)C1. The van der Waals surface area contributed by atoms with E-state index >= 15 is 0 Å². The minimum absolute atomic E-state index is 0.0120. The van der Waals surface area contributed by atoms with Crippen LogP contribution in [-0.2, 0) is 16.0 Å². The highest BCUT2D eigenvalue weighted by Crippen LogP contribution is 2.31. The summed E-state index contributed by atoms with van der Waals surface area (Å²) in [5.41, 5.74) is 0.704. The molecule has 9 heteroatoms. The van der Waals surface area contributed by atoms with E-state index in [9.17, 15) is 14.4 Å². The third kappa shape index (κ3) is 5.91. The summed E-state index contributed by atoms with van der Waals surface area (Å²) in [6.07, 6.45) is 5.79. The van der Waals surface area contributed by atoms with Crippen molar-refractivity contribution < 1.29 is 24.0 Å². The molecule has 9 nitrogen and oxygen atoms in total. The number of ether oxygens (including phenoxy) is 1. The largest absolute Gasteiger partial charge is 0.415 e. The lowest BCUT2D eigenvalue weighted by Crippen LogP contribution is -2.46. The predicted molar refractivity (Wildman–Crippen MR) is 119 cm³/mol. The molecule has 2 aliphatic rings. The molecule has 0 N–H and O–H groups in total. The molecule has 0 spiro atoms. The van der Waals surface area contributed by atoms with Gasteiger partial charge in [0.15, 0.2) is 0 Å². The molecule has 0 aliphatic carbocycles. The molecule has 3 heterocycles. The quantitative estimate of drug-likeness (QED) is 0.623. The van der Waals surface area contributed by atoms with Crippen LogP contribution in [0.3, 0.4) is 0 Å². The van der Waals surface area contributed by atoms with E-state index < -0.39 is 0 Å². The Morgan fingerprint density at radius 1 is 1.09 bits per heavy atom. The Bertz CT molecular complexity index is 959. The lowest BCUT2D eigenvalue weighted by atomic mass is 9.81. The second-order valence-electron chi connectivity index (χ2n) is 9.42. The lowest BCUT2D eigenvalue weighted by molar-refractivity contribution is -0.152. The molecule has 0 radical (unpaired) electrons. The zero-order valence-electron chi connectivity index (χ0n) is 19.1. The minimum Gasteiger partial charge on any atom is -0.410 e. The third-order valence-electron chi connectivity index (χ3n) is 6.05. The van der Waals surface area contributed by atoms with Crippen molar-refractivity contribution in [3.05, 3.63) is 48.3 Å². The van der Waals surface area contributed by atoms with Crippen LogP contribution < -0.4 is 9.57 Å². The van der Waals surface area contributed by atoms with Crippen molar-refractivity contribution in [1.82, 2.24) is 19.7 Å². The Morgan fingerprint density at radius 3 is 2.36 bits per heavy atom. The molecule has 33 heavy (non-hydrogen) atoms. The van der Waals surface area contributed by atoms with E-state index in [-0.39, 0.29) is 29.4 Å². The summed E-state index contributed by atoms with van der Waals surface area (Å²) >= 11 is 0. The van der Waals surface area contributed by atoms with Crippen LogP contribution in [-0.4, -0.2) is 63.4 Å². The van der Waals surface area contributed by atoms with E-state index in [1.54, 1.807) is 35.5 Å². The minimum atomic E-state index is -0.382. The van der Waals surface area contributed by atoms with Crippen molar-refractivity contribution in [3.8, 4) is 5.75 Å². The first-order valence-corrected chi connectivity index (χ1v) is 11.3. The number of rotatable bonds is 6. The molecule has 2 aliphatic heterocycles. The van der Waals surface area contributed by atoms with Crippen molar-refractivity contribution in [3.63, 3.8) is 0 Å². The summed E-state index contributed by atoms with van der Waals surface area (Å²) in [6.45, 7) is 5.35. The summed E-state index contributed by atoms with van der Waals surface area (Å²) in [5.74, 6) is 0.242. The van der Waals surface area contributed by atoms with E-state index in [4.69, 9.17) is 9.57 Å². The molecule has 0 bridgehead atoms. The molecular formula is C24H30N4O5. The van der Waals surface area contributed by atoms with Crippen molar-refractivity contribution >= 4 is 17.9 Å². The molecule has 0 saturated carbocycles. The van der Waals surface area contributed by atoms with Gasteiger partial charge in [0.05, 0.1) is 12.4 Å². The van der Waals surface area contributed by atoms with E-state index in [0.717, 1.165) is 5.56 Å². The van der Waals surface area contributed by atoms with Crippen LogP contribution in [0.5, 0.6) is 5.75 Å². The highest BCUT2D eigenvalue weighted by Gasteiger charge is 2.37. The third-order valence-corrected chi connectivity index (χ3v) is 6.05. The molecule has 1 aromatic heterocycles. The Kier molecular flexibility index (Phi) is 6.67. The van der Waals surface area contributed by atoms with Crippen molar-refractivity contribution in [2.45, 2.75) is 52.1 Å². The summed E-state index contributed by atoms with van der Waals surface area (Å²) in [6, 6.07) is 8.99. The van der Waals surface area contributed by atoms with Gasteiger partial charge in [-0.1, -0.05) is 26.0 Å². The molecule has 2 saturated heterocycles. The zero-order chi connectivity index (χ0) is 23.4. The number of benzene rings is 1. The first-order valence-electron chi connectivity index (χ1n) is 11.3. The van der Waals surface area contributed by atoms with Gasteiger partial charge in [-0.15, -0.1) is 9.94 Å². The number of carbonyl (C=O) groups is 3. The van der Waals surface area contributed by atoms with Gasteiger partial charge in [-0.05, 0) is 35.6 Å². The van der Waals surface area contributed by atoms with Crippen LogP contribution in [0, 0.1) is 5.41 Å². The Balaban J connectivity index is 1.22. The van der Waals surface area contributed by atoms with E-state index in [0.29, 0.717) is 57.5 Å². The maximum absolute atomic E-state index is 12.5. The number of hydrogen-bond acceptors (Lipinski definition) is 6. The normalized spacial score (nSPS) is 19.0. The summed E-state index contributed by atoms with van der Waals surface area (Å²) < 4.78 is 5.51.